The Bertz CT molecular complexity index is 1080. The van der Waals surface area contributed by atoms with Gasteiger partial charge in [0, 0.05) is 17.8 Å². The lowest BCUT2D eigenvalue weighted by atomic mass is 10.1. The zero-order chi connectivity index (χ0) is 20.9. The first-order chi connectivity index (χ1) is 13.8. The molecule has 9 heteroatoms. The molecule has 0 aliphatic heterocycles. The van der Waals surface area contributed by atoms with Crippen molar-refractivity contribution < 1.29 is 12.9 Å². The second-order valence-electron chi connectivity index (χ2n) is 6.47. The number of hydrogen-bond acceptors (Lipinski definition) is 5. The Balaban J connectivity index is 1.55. The summed E-state index contributed by atoms with van der Waals surface area (Å²) < 4.78 is 32.5. The van der Waals surface area contributed by atoms with Crippen LogP contribution in [-0.2, 0) is 16.4 Å². The second kappa shape index (κ2) is 9.06. The number of rotatable bonds is 7. The minimum absolute atomic E-state index is 0.111. The van der Waals surface area contributed by atoms with Crippen molar-refractivity contribution in [3.05, 3.63) is 71.4 Å². The topological polar surface area (TPSA) is 96.3 Å². The molecular formula is C20H22N4O3S2. The molecule has 29 heavy (non-hydrogen) atoms. The van der Waals surface area contributed by atoms with E-state index in [2.05, 4.69) is 32.6 Å². The summed E-state index contributed by atoms with van der Waals surface area (Å²) in [6.45, 7) is 4.18. The van der Waals surface area contributed by atoms with Gasteiger partial charge in [-0.25, -0.2) is 13.1 Å². The highest BCUT2D eigenvalue weighted by Crippen LogP contribution is 2.22. The molecule has 2 aromatic carbocycles. The summed E-state index contributed by atoms with van der Waals surface area (Å²) in [7, 11) is -3.77. The van der Waals surface area contributed by atoms with Crippen LogP contribution in [0.15, 0.2) is 64.0 Å². The number of benzene rings is 2. The van der Waals surface area contributed by atoms with Crippen LogP contribution in [0, 0.1) is 13.8 Å². The average Bonchev–Trinajstić information content (AvgIpc) is 3.01. The quantitative estimate of drug-likeness (QED) is 0.493. The van der Waals surface area contributed by atoms with Gasteiger partial charge in [-0.1, -0.05) is 35.5 Å². The lowest BCUT2D eigenvalue weighted by Crippen LogP contribution is -2.30. The van der Waals surface area contributed by atoms with Crippen LogP contribution in [0.2, 0.25) is 0 Å². The Morgan fingerprint density at radius 3 is 2.38 bits per heavy atom. The van der Waals surface area contributed by atoms with Gasteiger partial charge in [0.1, 0.15) is 0 Å². The molecule has 0 radical (unpaired) electrons. The summed E-state index contributed by atoms with van der Waals surface area (Å²) in [5, 5.41) is 10.4. The number of aromatic nitrogens is 1. The van der Waals surface area contributed by atoms with E-state index in [1.807, 2.05) is 18.2 Å². The van der Waals surface area contributed by atoms with Crippen molar-refractivity contribution in [3.63, 3.8) is 0 Å². The van der Waals surface area contributed by atoms with Gasteiger partial charge in [-0.15, -0.1) is 0 Å². The van der Waals surface area contributed by atoms with Gasteiger partial charge < -0.3 is 15.2 Å². The van der Waals surface area contributed by atoms with Crippen molar-refractivity contribution >= 4 is 38.9 Å². The highest BCUT2D eigenvalue weighted by atomic mass is 32.2. The number of thiocarbonyl (C=S) groups is 1. The van der Waals surface area contributed by atoms with Crippen LogP contribution >= 0.6 is 12.2 Å². The molecule has 3 N–H and O–H groups in total. The standard InChI is InChI=1S/C20H22N4O3S2/c1-14-15(2)23-27-19(14)24-29(25,26)18-10-8-17(9-11-18)22-20(28)21-13-12-16-6-4-3-5-7-16/h3-11,24H,12-13H2,1-2H3,(H2,21,22,28). The van der Waals surface area contributed by atoms with Gasteiger partial charge in [0.2, 0.25) is 5.88 Å². The summed E-state index contributed by atoms with van der Waals surface area (Å²) in [5.41, 5.74) is 3.20. The maximum Gasteiger partial charge on any atom is 0.264 e. The fourth-order valence-corrected chi connectivity index (χ4v) is 3.82. The van der Waals surface area contributed by atoms with E-state index >= 15 is 0 Å². The highest BCUT2D eigenvalue weighted by Gasteiger charge is 2.19. The van der Waals surface area contributed by atoms with Crippen LogP contribution in [0.4, 0.5) is 11.6 Å². The summed E-state index contributed by atoms with van der Waals surface area (Å²) >= 11 is 5.29. The average molecular weight is 431 g/mol. The Kier molecular flexibility index (Phi) is 6.50. The molecule has 1 aromatic heterocycles. The number of sulfonamides is 1. The van der Waals surface area contributed by atoms with E-state index in [-0.39, 0.29) is 10.8 Å². The third kappa shape index (κ3) is 5.55. The number of aryl methyl sites for hydroxylation is 1. The largest absolute Gasteiger partial charge is 0.362 e. The Morgan fingerprint density at radius 2 is 1.76 bits per heavy atom. The predicted molar refractivity (Wildman–Crippen MR) is 118 cm³/mol. The SMILES string of the molecule is Cc1noc(NS(=O)(=O)c2ccc(NC(=S)NCCc3ccccc3)cc2)c1C. The molecule has 3 aromatic rings. The zero-order valence-electron chi connectivity index (χ0n) is 16.1. The first-order valence-electron chi connectivity index (χ1n) is 9.00. The molecular weight excluding hydrogens is 408 g/mol. The second-order valence-corrected chi connectivity index (χ2v) is 8.56. The van der Waals surface area contributed by atoms with E-state index in [4.69, 9.17) is 16.7 Å². The summed E-state index contributed by atoms with van der Waals surface area (Å²) in [5.74, 6) is 0.119. The van der Waals surface area contributed by atoms with Gasteiger partial charge in [-0.05, 0) is 62.3 Å². The van der Waals surface area contributed by atoms with Crippen molar-refractivity contribution in [2.75, 3.05) is 16.6 Å². The number of nitrogens with one attached hydrogen (secondary N) is 3. The van der Waals surface area contributed by atoms with Crippen LogP contribution in [0.1, 0.15) is 16.8 Å². The van der Waals surface area contributed by atoms with E-state index in [1.54, 1.807) is 26.0 Å². The molecule has 0 spiro atoms. The third-order valence-electron chi connectivity index (χ3n) is 4.35. The lowest BCUT2D eigenvalue weighted by molar-refractivity contribution is 0.430. The minimum Gasteiger partial charge on any atom is -0.362 e. The molecule has 0 unspecified atom stereocenters. The molecule has 0 aliphatic carbocycles. The van der Waals surface area contributed by atoms with Gasteiger partial charge in [0.25, 0.3) is 10.0 Å². The number of nitrogens with zero attached hydrogens (tertiary/aromatic N) is 1. The van der Waals surface area contributed by atoms with Gasteiger partial charge >= 0.3 is 0 Å². The van der Waals surface area contributed by atoms with E-state index in [0.29, 0.717) is 28.6 Å². The third-order valence-corrected chi connectivity index (χ3v) is 5.94. The minimum atomic E-state index is -3.77. The Hall–Kier alpha value is -2.91. The molecule has 0 bridgehead atoms. The molecule has 0 saturated carbocycles. The van der Waals surface area contributed by atoms with E-state index in [0.717, 1.165) is 6.42 Å². The number of hydrogen-bond donors (Lipinski definition) is 3. The van der Waals surface area contributed by atoms with Crippen molar-refractivity contribution in [1.82, 2.24) is 10.5 Å². The summed E-state index contributed by atoms with van der Waals surface area (Å²) in [4.78, 5) is 0.111. The predicted octanol–water partition coefficient (Wildman–Crippen LogP) is 3.62. The summed E-state index contributed by atoms with van der Waals surface area (Å²) in [6.07, 6.45) is 0.853. The smallest absolute Gasteiger partial charge is 0.264 e. The van der Waals surface area contributed by atoms with Crippen LogP contribution in [0.3, 0.4) is 0 Å². The molecule has 0 saturated heterocycles. The van der Waals surface area contributed by atoms with Crippen molar-refractivity contribution in [2.24, 2.45) is 0 Å². The van der Waals surface area contributed by atoms with Crippen LogP contribution in [-0.4, -0.2) is 25.2 Å². The fourth-order valence-electron chi connectivity index (χ4n) is 2.55. The Labute approximate surface area is 175 Å². The highest BCUT2D eigenvalue weighted by molar-refractivity contribution is 7.92. The maximum absolute atomic E-state index is 12.5. The molecule has 0 fully saturated rings. The van der Waals surface area contributed by atoms with Gasteiger partial charge in [0.05, 0.1) is 10.6 Å². The molecule has 3 rings (SSSR count). The van der Waals surface area contributed by atoms with E-state index in [9.17, 15) is 8.42 Å². The molecule has 0 amide bonds. The van der Waals surface area contributed by atoms with E-state index in [1.165, 1.54) is 17.7 Å². The van der Waals surface area contributed by atoms with Crippen LogP contribution < -0.4 is 15.4 Å². The van der Waals surface area contributed by atoms with Crippen molar-refractivity contribution in [2.45, 2.75) is 25.2 Å². The van der Waals surface area contributed by atoms with Gasteiger partial charge in [-0.2, -0.15) is 0 Å². The normalized spacial score (nSPS) is 11.1. The first-order valence-corrected chi connectivity index (χ1v) is 10.9. The van der Waals surface area contributed by atoms with Crippen LogP contribution in [0.25, 0.3) is 0 Å². The number of anilines is 2. The van der Waals surface area contributed by atoms with Crippen LogP contribution in [0.5, 0.6) is 0 Å². The van der Waals surface area contributed by atoms with E-state index < -0.39 is 10.0 Å². The molecule has 0 atom stereocenters. The molecule has 1 heterocycles. The molecule has 152 valence electrons. The Morgan fingerprint density at radius 1 is 1.07 bits per heavy atom. The zero-order valence-corrected chi connectivity index (χ0v) is 17.7. The lowest BCUT2D eigenvalue weighted by Gasteiger charge is -2.11. The summed E-state index contributed by atoms with van der Waals surface area (Å²) in [6, 6.07) is 16.4. The van der Waals surface area contributed by atoms with Gasteiger partial charge in [-0.3, -0.25) is 0 Å². The first kappa shape index (κ1) is 20.8. The molecule has 7 nitrogen and oxygen atoms in total. The maximum atomic E-state index is 12.5. The fraction of sp³-hybridized carbons (Fsp3) is 0.200. The van der Waals surface area contributed by atoms with Gasteiger partial charge in [0.15, 0.2) is 5.11 Å². The monoisotopic (exact) mass is 430 g/mol. The van der Waals surface area contributed by atoms with Crippen molar-refractivity contribution in [1.29, 1.82) is 0 Å². The molecule has 0 aliphatic rings. The van der Waals surface area contributed by atoms with Crippen molar-refractivity contribution in [3.8, 4) is 0 Å².